The van der Waals surface area contributed by atoms with Gasteiger partial charge in [0.05, 0.1) is 6.61 Å². The third kappa shape index (κ3) is 3.92. The first kappa shape index (κ1) is 13.8. The fourth-order valence-electron chi connectivity index (χ4n) is 1.57. The van der Waals surface area contributed by atoms with Gasteiger partial charge in [-0.2, -0.15) is 4.98 Å². The summed E-state index contributed by atoms with van der Waals surface area (Å²) in [6.07, 6.45) is 0.759. The van der Waals surface area contributed by atoms with Crippen molar-refractivity contribution in [3.05, 3.63) is 40.8 Å². The second-order valence-corrected chi connectivity index (χ2v) is 4.62. The number of benzene rings is 1. The fraction of sp³-hybridized carbons (Fsp3) is 0.286. The molecule has 19 heavy (non-hydrogen) atoms. The van der Waals surface area contributed by atoms with E-state index in [4.69, 9.17) is 9.47 Å². The Morgan fingerprint density at radius 3 is 2.63 bits per heavy atom. The van der Waals surface area contributed by atoms with Crippen LogP contribution in [0.3, 0.4) is 0 Å². The van der Waals surface area contributed by atoms with Crippen molar-refractivity contribution in [2.75, 3.05) is 6.61 Å². The van der Waals surface area contributed by atoms with E-state index in [1.165, 1.54) is 0 Å². The van der Waals surface area contributed by atoms with Gasteiger partial charge in [0.1, 0.15) is 21.9 Å². The van der Waals surface area contributed by atoms with Crippen molar-refractivity contribution in [3.63, 3.8) is 0 Å². The van der Waals surface area contributed by atoms with E-state index >= 15 is 0 Å². The lowest BCUT2D eigenvalue weighted by atomic mass is 10.3. The van der Waals surface area contributed by atoms with Crippen molar-refractivity contribution in [2.45, 2.75) is 20.3 Å². The molecule has 0 saturated heterocycles. The lowest BCUT2D eigenvalue weighted by molar-refractivity contribution is 0.338. The van der Waals surface area contributed by atoms with Crippen LogP contribution in [-0.4, -0.2) is 16.6 Å². The molecular formula is C14H15BrN2O2. The first-order valence-electron chi connectivity index (χ1n) is 6.15. The lowest BCUT2D eigenvalue weighted by Gasteiger charge is -2.08. The first-order chi connectivity index (χ1) is 9.21. The molecule has 0 atom stereocenters. The molecule has 4 nitrogen and oxygen atoms in total. The lowest BCUT2D eigenvalue weighted by Crippen LogP contribution is -1.97. The number of aryl methyl sites for hydroxylation is 1. The molecule has 0 spiro atoms. The molecule has 0 aliphatic heterocycles. The van der Waals surface area contributed by atoms with Crippen molar-refractivity contribution >= 4 is 15.9 Å². The molecule has 1 aromatic heterocycles. The van der Waals surface area contributed by atoms with Gasteiger partial charge in [0.15, 0.2) is 0 Å². The summed E-state index contributed by atoms with van der Waals surface area (Å²) in [4.78, 5) is 8.56. The number of hydrogen-bond donors (Lipinski definition) is 0. The number of nitrogens with zero attached hydrogens (tertiary/aromatic N) is 2. The Morgan fingerprint density at radius 2 is 1.89 bits per heavy atom. The summed E-state index contributed by atoms with van der Waals surface area (Å²) < 4.78 is 11.9. The molecule has 0 N–H and O–H groups in total. The van der Waals surface area contributed by atoms with E-state index in [9.17, 15) is 0 Å². The number of rotatable bonds is 5. The highest BCUT2D eigenvalue weighted by Crippen LogP contribution is 2.25. The first-order valence-corrected chi connectivity index (χ1v) is 6.94. The van der Waals surface area contributed by atoms with Gasteiger partial charge in [-0.05, 0) is 35.0 Å². The molecule has 5 heteroatoms. The van der Waals surface area contributed by atoms with Crippen molar-refractivity contribution in [2.24, 2.45) is 0 Å². The number of aromatic nitrogens is 2. The Labute approximate surface area is 120 Å². The number of hydrogen-bond acceptors (Lipinski definition) is 4. The van der Waals surface area contributed by atoms with Crippen LogP contribution in [-0.2, 0) is 6.42 Å². The molecular weight excluding hydrogens is 308 g/mol. The van der Waals surface area contributed by atoms with E-state index in [0.29, 0.717) is 18.2 Å². The van der Waals surface area contributed by atoms with Crippen molar-refractivity contribution in [3.8, 4) is 17.4 Å². The summed E-state index contributed by atoms with van der Waals surface area (Å²) in [5.74, 6) is 2.74. The maximum absolute atomic E-state index is 5.73. The average molecular weight is 323 g/mol. The molecule has 0 bridgehead atoms. The molecule has 1 aromatic carbocycles. The molecule has 0 unspecified atom stereocenters. The molecule has 0 fully saturated rings. The molecule has 2 rings (SSSR count). The fourth-order valence-corrected chi connectivity index (χ4v) is 1.97. The van der Waals surface area contributed by atoms with E-state index in [1.54, 1.807) is 6.07 Å². The maximum Gasteiger partial charge on any atom is 0.223 e. The Kier molecular flexibility index (Phi) is 4.74. The molecule has 0 aliphatic rings. The van der Waals surface area contributed by atoms with Crippen LogP contribution in [0, 0.1) is 0 Å². The van der Waals surface area contributed by atoms with Gasteiger partial charge < -0.3 is 9.47 Å². The number of ether oxygens (including phenoxy) is 2. The Hall–Kier alpha value is -1.62. The average Bonchev–Trinajstić information content (AvgIpc) is 2.39. The van der Waals surface area contributed by atoms with E-state index in [0.717, 1.165) is 22.6 Å². The van der Waals surface area contributed by atoms with Gasteiger partial charge in [-0.25, -0.2) is 4.98 Å². The molecule has 100 valence electrons. The van der Waals surface area contributed by atoms with Gasteiger partial charge in [-0.1, -0.05) is 13.0 Å². The van der Waals surface area contributed by atoms with Crippen LogP contribution in [0.4, 0.5) is 0 Å². The van der Waals surface area contributed by atoms with Crippen LogP contribution in [0.5, 0.6) is 17.4 Å². The topological polar surface area (TPSA) is 44.2 Å². The van der Waals surface area contributed by atoms with Gasteiger partial charge in [0.25, 0.3) is 0 Å². The number of halogens is 1. The predicted molar refractivity (Wildman–Crippen MR) is 76.8 cm³/mol. The molecule has 0 amide bonds. The maximum atomic E-state index is 5.73. The van der Waals surface area contributed by atoms with Crippen molar-refractivity contribution < 1.29 is 9.47 Å². The van der Waals surface area contributed by atoms with Crippen molar-refractivity contribution in [1.82, 2.24) is 9.97 Å². The van der Waals surface area contributed by atoms with E-state index in [-0.39, 0.29) is 0 Å². The summed E-state index contributed by atoms with van der Waals surface area (Å²) in [5.41, 5.74) is 0. The Morgan fingerprint density at radius 1 is 1.11 bits per heavy atom. The second-order valence-electron chi connectivity index (χ2n) is 3.81. The monoisotopic (exact) mass is 322 g/mol. The zero-order valence-corrected chi connectivity index (χ0v) is 12.5. The zero-order valence-electron chi connectivity index (χ0n) is 10.9. The van der Waals surface area contributed by atoms with Crippen LogP contribution in [0.1, 0.15) is 19.7 Å². The minimum atomic E-state index is 0.521. The Balaban J connectivity index is 2.20. The van der Waals surface area contributed by atoms with Gasteiger partial charge >= 0.3 is 0 Å². The summed E-state index contributed by atoms with van der Waals surface area (Å²) in [7, 11) is 0. The van der Waals surface area contributed by atoms with Crippen LogP contribution in [0.15, 0.2) is 34.9 Å². The van der Waals surface area contributed by atoms with Crippen LogP contribution < -0.4 is 9.47 Å². The standard InChI is InChI=1S/C14H15BrN2O2/c1-3-13-16-12(15)9-14(17-13)19-11-7-5-6-10(8-11)18-4-2/h5-9H,3-4H2,1-2H3. The molecule has 0 saturated carbocycles. The summed E-state index contributed by atoms with van der Waals surface area (Å²) in [6, 6.07) is 9.23. The minimum absolute atomic E-state index is 0.521. The largest absolute Gasteiger partial charge is 0.494 e. The second kappa shape index (κ2) is 6.52. The minimum Gasteiger partial charge on any atom is -0.494 e. The van der Waals surface area contributed by atoms with Gasteiger partial charge in [-0.15, -0.1) is 0 Å². The van der Waals surface area contributed by atoms with E-state index < -0.39 is 0 Å². The third-order valence-electron chi connectivity index (χ3n) is 2.37. The van der Waals surface area contributed by atoms with Crippen LogP contribution in [0.25, 0.3) is 0 Å². The molecule has 2 aromatic rings. The normalized spacial score (nSPS) is 10.3. The smallest absolute Gasteiger partial charge is 0.223 e. The molecule has 1 heterocycles. The molecule has 0 radical (unpaired) electrons. The van der Waals surface area contributed by atoms with E-state index in [2.05, 4.69) is 25.9 Å². The highest BCUT2D eigenvalue weighted by atomic mass is 79.9. The van der Waals surface area contributed by atoms with E-state index in [1.807, 2.05) is 38.1 Å². The highest BCUT2D eigenvalue weighted by molar-refractivity contribution is 9.10. The molecule has 0 aliphatic carbocycles. The summed E-state index contributed by atoms with van der Waals surface area (Å²) in [5, 5.41) is 0. The highest BCUT2D eigenvalue weighted by Gasteiger charge is 2.05. The van der Waals surface area contributed by atoms with Crippen molar-refractivity contribution in [1.29, 1.82) is 0 Å². The third-order valence-corrected chi connectivity index (χ3v) is 2.78. The summed E-state index contributed by atoms with van der Waals surface area (Å²) in [6.45, 7) is 4.58. The Bertz CT molecular complexity index is 561. The SMILES string of the molecule is CCOc1cccc(Oc2cc(Br)nc(CC)n2)c1. The quantitative estimate of drug-likeness (QED) is 0.781. The zero-order chi connectivity index (χ0) is 13.7. The predicted octanol–water partition coefficient (Wildman–Crippen LogP) is 3.99. The van der Waals surface area contributed by atoms with Crippen LogP contribution in [0.2, 0.25) is 0 Å². The van der Waals surface area contributed by atoms with Crippen LogP contribution >= 0.6 is 15.9 Å². The van der Waals surface area contributed by atoms with Gasteiger partial charge in [0, 0.05) is 18.6 Å². The van der Waals surface area contributed by atoms with Gasteiger partial charge in [0.2, 0.25) is 5.88 Å². The van der Waals surface area contributed by atoms with Gasteiger partial charge in [-0.3, -0.25) is 0 Å². The summed E-state index contributed by atoms with van der Waals surface area (Å²) >= 11 is 3.35.